The zero-order chi connectivity index (χ0) is 37.4. The summed E-state index contributed by atoms with van der Waals surface area (Å²) in [4.78, 5) is 5.05. The molecule has 11 rings (SSSR count). The maximum atomic E-state index is 5.05. The monoisotopic (exact) mass is 731 g/mol. The minimum absolute atomic E-state index is 0.215. The zero-order valence-electron chi connectivity index (χ0n) is 31.3. The summed E-state index contributed by atoms with van der Waals surface area (Å²) in [6.07, 6.45) is 0. The van der Waals surface area contributed by atoms with Gasteiger partial charge in [0.2, 0.25) is 0 Å². The first-order valence-corrected chi connectivity index (χ1v) is 20.2. The first-order valence-electron chi connectivity index (χ1n) is 19.4. The molecule has 0 atom stereocenters. The largest absolute Gasteiger partial charge is 0.236 e. The van der Waals surface area contributed by atoms with E-state index in [4.69, 9.17) is 4.98 Å². The van der Waals surface area contributed by atoms with Crippen LogP contribution in [0.3, 0.4) is 0 Å². The molecule has 0 N–H and O–H groups in total. The zero-order valence-corrected chi connectivity index (χ0v) is 32.1. The molecule has 2 heteroatoms. The van der Waals surface area contributed by atoms with Crippen LogP contribution >= 0.6 is 11.3 Å². The molecule has 1 heterocycles. The molecule has 0 spiro atoms. The lowest BCUT2D eigenvalue weighted by molar-refractivity contribution is 0.661. The second kappa shape index (κ2) is 12.7. The number of thiazole rings is 1. The van der Waals surface area contributed by atoms with Crippen LogP contribution in [0.4, 0.5) is 0 Å². The van der Waals surface area contributed by atoms with Crippen LogP contribution in [0.2, 0.25) is 0 Å². The minimum Gasteiger partial charge on any atom is -0.236 e. The Kier molecular flexibility index (Phi) is 7.45. The molecule has 1 aromatic heterocycles. The fourth-order valence-corrected chi connectivity index (χ4v) is 10.1. The van der Waals surface area contributed by atoms with Crippen LogP contribution in [0.1, 0.15) is 25.0 Å². The third kappa shape index (κ3) is 5.17. The van der Waals surface area contributed by atoms with Gasteiger partial charge in [0.1, 0.15) is 5.01 Å². The van der Waals surface area contributed by atoms with Gasteiger partial charge in [-0.25, -0.2) is 4.98 Å². The molecule has 0 amide bonds. The molecule has 0 bridgehead atoms. The van der Waals surface area contributed by atoms with Gasteiger partial charge in [0.15, 0.2) is 0 Å². The molecular weight excluding hydrogens is 695 g/mol. The summed E-state index contributed by atoms with van der Waals surface area (Å²) in [6, 6.07) is 69.2. The van der Waals surface area contributed by atoms with Crippen LogP contribution in [-0.2, 0) is 5.41 Å². The summed E-state index contributed by atoms with van der Waals surface area (Å²) >= 11 is 1.77. The highest BCUT2D eigenvalue weighted by atomic mass is 32.1. The number of fused-ring (bicyclic) bond motifs is 6. The van der Waals surface area contributed by atoms with E-state index in [0.29, 0.717) is 0 Å². The van der Waals surface area contributed by atoms with E-state index < -0.39 is 0 Å². The second-order valence-corrected chi connectivity index (χ2v) is 16.5. The van der Waals surface area contributed by atoms with Crippen LogP contribution in [0.5, 0.6) is 0 Å². The molecule has 1 nitrogen and oxygen atoms in total. The Bertz CT molecular complexity index is 3120. The fraction of sp³-hybridized carbons (Fsp3) is 0.0556. The van der Waals surface area contributed by atoms with Gasteiger partial charge in [0.25, 0.3) is 0 Å². The van der Waals surface area contributed by atoms with E-state index in [1.165, 1.54) is 98.6 Å². The molecule has 0 saturated carbocycles. The Labute approximate surface area is 331 Å². The van der Waals surface area contributed by atoms with Crippen molar-refractivity contribution in [1.29, 1.82) is 0 Å². The van der Waals surface area contributed by atoms with Crippen LogP contribution in [0, 0.1) is 0 Å². The van der Waals surface area contributed by atoms with E-state index in [1.54, 1.807) is 11.3 Å². The van der Waals surface area contributed by atoms with Crippen molar-refractivity contribution < 1.29 is 0 Å². The van der Waals surface area contributed by atoms with Crippen molar-refractivity contribution in [3.05, 3.63) is 199 Å². The quantitative estimate of drug-likeness (QED) is 0.161. The third-order valence-electron chi connectivity index (χ3n) is 11.9. The molecule has 1 aliphatic carbocycles. The Balaban J connectivity index is 1.20. The first-order chi connectivity index (χ1) is 27.5. The van der Waals surface area contributed by atoms with Crippen molar-refractivity contribution in [3.63, 3.8) is 0 Å². The summed E-state index contributed by atoms with van der Waals surface area (Å²) in [6.45, 7) is 4.79. The van der Waals surface area contributed by atoms with Crippen molar-refractivity contribution in [2.45, 2.75) is 19.3 Å². The van der Waals surface area contributed by atoms with E-state index in [1.807, 2.05) is 0 Å². The van der Waals surface area contributed by atoms with Gasteiger partial charge in [-0.15, -0.1) is 11.3 Å². The summed E-state index contributed by atoms with van der Waals surface area (Å²) in [5.41, 5.74) is 17.2. The van der Waals surface area contributed by atoms with E-state index in [0.717, 1.165) is 10.5 Å². The smallest absolute Gasteiger partial charge is 0.124 e. The van der Waals surface area contributed by atoms with Gasteiger partial charge in [0, 0.05) is 11.0 Å². The highest BCUT2D eigenvalue weighted by Crippen LogP contribution is 2.54. The first kappa shape index (κ1) is 32.8. The molecule has 0 fully saturated rings. The number of hydrogen-bond acceptors (Lipinski definition) is 2. The SMILES string of the molecule is CC1(C)c2cc(-c3nc4ccccc4s3)ccc2-c2cc3c(-c4cccc(-c5ccccc5)c4)c4ccccc4c(-c4cccc(-c5ccccc5)c4)c3cc21. The topological polar surface area (TPSA) is 12.9 Å². The standard InChI is InChI=1S/C54H37NS/c1-54(2)47-31-40(53-55-49-25-11-12-26-50(49)56-53)27-28-41(47)44-32-45-46(33-48(44)54)52(39-22-14-20-37(30-39)35-17-7-4-8-18-35)43-24-10-9-23-42(43)51(45)38-21-13-19-36(29-38)34-15-5-3-6-16-34/h3-33H,1-2H3. The van der Waals surface area contributed by atoms with Crippen LogP contribution in [0.25, 0.3) is 98.0 Å². The molecular formula is C54H37NS. The Hall–Kier alpha value is -6.61. The highest BCUT2D eigenvalue weighted by Gasteiger charge is 2.37. The van der Waals surface area contributed by atoms with Crippen LogP contribution < -0.4 is 0 Å². The lowest BCUT2D eigenvalue weighted by Gasteiger charge is -2.24. The number of nitrogens with zero attached hydrogens (tertiary/aromatic N) is 1. The number of aromatic nitrogens is 1. The lowest BCUT2D eigenvalue weighted by atomic mass is 9.79. The van der Waals surface area contributed by atoms with Crippen molar-refractivity contribution in [3.8, 4) is 66.2 Å². The molecule has 10 aromatic rings. The maximum Gasteiger partial charge on any atom is 0.124 e. The van der Waals surface area contributed by atoms with E-state index in [2.05, 4.69) is 202 Å². The Morgan fingerprint density at radius 2 is 0.893 bits per heavy atom. The Morgan fingerprint density at radius 3 is 1.52 bits per heavy atom. The van der Waals surface area contributed by atoms with Gasteiger partial charge < -0.3 is 0 Å². The number of hydrogen-bond donors (Lipinski definition) is 0. The van der Waals surface area contributed by atoms with Crippen molar-refractivity contribution in [1.82, 2.24) is 4.98 Å². The van der Waals surface area contributed by atoms with Gasteiger partial charge in [0.05, 0.1) is 10.2 Å². The molecule has 264 valence electrons. The second-order valence-electron chi connectivity index (χ2n) is 15.5. The van der Waals surface area contributed by atoms with Gasteiger partial charge in [-0.05, 0) is 131 Å². The van der Waals surface area contributed by atoms with E-state index in [9.17, 15) is 0 Å². The predicted molar refractivity (Wildman–Crippen MR) is 239 cm³/mol. The van der Waals surface area contributed by atoms with Gasteiger partial charge in [-0.2, -0.15) is 0 Å². The summed E-state index contributed by atoms with van der Waals surface area (Å²) < 4.78 is 1.22. The van der Waals surface area contributed by atoms with Gasteiger partial charge in [-0.1, -0.05) is 159 Å². The van der Waals surface area contributed by atoms with Gasteiger partial charge >= 0.3 is 0 Å². The fourth-order valence-electron chi connectivity index (χ4n) is 9.12. The van der Waals surface area contributed by atoms with E-state index >= 15 is 0 Å². The molecule has 56 heavy (non-hydrogen) atoms. The number of rotatable bonds is 5. The molecule has 1 aliphatic rings. The van der Waals surface area contributed by atoms with Crippen LogP contribution in [0.15, 0.2) is 188 Å². The number of para-hydroxylation sites is 1. The normalized spacial score (nSPS) is 13.0. The average molecular weight is 732 g/mol. The molecule has 0 radical (unpaired) electrons. The van der Waals surface area contributed by atoms with Crippen molar-refractivity contribution >= 4 is 43.1 Å². The van der Waals surface area contributed by atoms with E-state index in [-0.39, 0.29) is 5.41 Å². The van der Waals surface area contributed by atoms with Crippen molar-refractivity contribution in [2.75, 3.05) is 0 Å². The summed E-state index contributed by atoms with van der Waals surface area (Å²) in [5, 5.41) is 6.13. The van der Waals surface area contributed by atoms with Gasteiger partial charge in [-0.3, -0.25) is 0 Å². The molecule has 0 unspecified atom stereocenters. The average Bonchev–Trinajstić information content (AvgIpc) is 3.79. The summed E-state index contributed by atoms with van der Waals surface area (Å²) in [7, 11) is 0. The maximum absolute atomic E-state index is 5.05. The Morgan fingerprint density at radius 1 is 0.375 bits per heavy atom. The number of benzene rings is 9. The van der Waals surface area contributed by atoms with Crippen molar-refractivity contribution in [2.24, 2.45) is 0 Å². The molecule has 0 aliphatic heterocycles. The minimum atomic E-state index is -0.215. The highest BCUT2D eigenvalue weighted by molar-refractivity contribution is 7.21. The van der Waals surface area contributed by atoms with Crippen LogP contribution in [-0.4, -0.2) is 4.98 Å². The predicted octanol–water partition coefficient (Wildman–Crippen LogP) is 15.2. The lowest BCUT2D eigenvalue weighted by Crippen LogP contribution is -2.15. The third-order valence-corrected chi connectivity index (χ3v) is 13.0. The summed E-state index contributed by atoms with van der Waals surface area (Å²) in [5.74, 6) is 0. The molecule has 9 aromatic carbocycles. The molecule has 0 saturated heterocycles.